The van der Waals surface area contributed by atoms with E-state index in [1.54, 1.807) is 6.07 Å². The molecule has 1 heterocycles. The molecule has 0 aliphatic heterocycles. The number of carbonyl (C=O) groups is 1. The van der Waals surface area contributed by atoms with Crippen LogP contribution in [0.3, 0.4) is 0 Å². The first-order valence-corrected chi connectivity index (χ1v) is 8.64. The molecule has 2 aliphatic carbocycles. The number of rotatable bonds is 4. The third-order valence-electron chi connectivity index (χ3n) is 4.72. The van der Waals surface area contributed by atoms with Gasteiger partial charge in [-0.3, -0.25) is 4.79 Å². The van der Waals surface area contributed by atoms with Crippen LogP contribution in [0.5, 0.6) is 0 Å². The Morgan fingerprint density at radius 1 is 1.00 bits per heavy atom. The number of nitrogens with zero attached hydrogens (tertiary/aromatic N) is 2. The number of amides is 1. The zero-order valence-corrected chi connectivity index (χ0v) is 13.4. The van der Waals surface area contributed by atoms with E-state index in [9.17, 15) is 4.79 Å². The molecule has 2 aliphatic rings. The highest BCUT2D eigenvalue weighted by Gasteiger charge is 2.20. The van der Waals surface area contributed by atoms with E-state index in [1.165, 1.54) is 44.9 Å². The first-order chi connectivity index (χ1) is 10.7. The van der Waals surface area contributed by atoms with Crippen LogP contribution in [0.2, 0.25) is 0 Å². The summed E-state index contributed by atoms with van der Waals surface area (Å²) in [4.78, 5) is 21.3. The zero-order chi connectivity index (χ0) is 15.4. The molecule has 1 aromatic rings. The molecule has 2 N–H and O–H groups in total. The first kappa shape index (κ1) is 15.3. The Balaban J connectivity index is 1.66. The van der Waals surface area contributed by atoms with E-state index in [0.29, 0.717) is 23.7 Å². The third kappa shape index (κ3) is 3.96. The molecule has 2 fully saturated rings. The summed E-state index contributed by atoms with van der Waals surface area (Å²) in [6.07, 6.45) is 10.7. The van der Waals surface area contributed by atoms with E-state index in [0.717, 1.165) is 18.5 Å². The first-order valence-electron chi connectivity index (χ1n) is 8.64. The van der Waals surface area contributed by atoms with Gasteiger partial charge in [0.25, 0.3) is 5.91 Å². The molecule has 5 heteroatoms. The fraction of sp³-hybridized carbons (Fsp3) is 0.706. The molecule has 22 heavy (non-hydrogen) atoms. The van der Waals surface area contributed by atoms with Gasteiger partial charge in [0.15, 0.2) is 0 Å². The van der Waals surface area contributed by atoms with Gasteiger partial charge in [-0.05, 0) is 38.7 Å². The molecule has 0 aromatic carbocycles. The smallest absolute Gasteiger partial charge is 0.270 e. The topological polar surface area (TPSA) is 66.9 Å². The van der Waals surface area contributed by atoms with Crippen LogP contribution >= 0.6 is 0 Å². The molecule has 0 saturated heterocycles. The highest BCUT2D eigenvalue weighted by Crippen LogP contribution is 2.21. The van der Waals surface area contributed by atoms with Crippen molar-refractivity contribution in [2.45, 2.75) is 76.8 Å². The van der Waals surface area contributed by atoms with Crippen LogP contribution in [-0.4, -0.2) is 28.0 Å². The van der Waals surface area contributed by atoms with Crippen molar-refractivity contribution >= 4 is 11.9 Å². The van der Waals surface area contributed by atoms with Crippen LogP contribution in [0.25, 0.3) is 0 Å². The maximum absolute atomic E-state index is 12.4. The molecule has 5 nitrogen and oxygen atoms in total. The van der Waals surface area contributed by atoms with E-state index >= 15 is 0 Å². The molecule has 0 spiro atoms. The Morgan fingerprint density at radius 2 is 1.64 bits per heavy atom. The lowest BCUT2D eigenvalue weighted by molar-refractivity contribution is 0.0922. The van der Waals surface area contributed by atoms with Gasteiger partial charge in [0.1, 0.15) is 5.69 Å². The summed E-state index contributed by atoms with van der Waals surface area (Å²) in [7, 11) is 0. The van der Waals surface area contributed by atoms with E-state index < -0.39 is 0 Å². The van der Waals surface area contributed by atoms with Crippen LogP contribution < -0.4 is 10.6 Å². The second kappa shape index (κ2) is 7.07. The van der Waals surface area contributed by atoms with Crippen LogP contribution in [0.1, 0.15) is 74.0 Å². The van der Waals surface area contributed by atoms with Gasteiger partial charge >= 0.3 is 0 Å². The molecule has 120 valence electrons. The van der Waals surface area contributed by atoms with Gasteiger partial charge in [-0.2, -0.15) is 0 Å². The number of carbonyl (C=O) groups excluding carboxylic acids is 1. The minimum Gasteiger partial charge on any atom is -0.351 e. The van der Waals surface area contributed by atoms with Crippen molar-refractivity contribution in [3.05, 3.63) is 17.5 Å². The molecule has 0 unspecified atom stereocenters. The number of aryl methyl sites for hydroxylation is 1. The highest BCUT2D eigenvalue weighted by molar-refractivity contribution is 5.92. The van der Waals surface area contributed by atoms with Crippen molar-refractivity contribution in [3.8, 4) is 0 Å². The fourth-order valence-corrected chi connectivity index (χ4v) is 3.51. The summed E-state index contributed by atoms with van der Waals surface area (Å²) in [6, 6.07) is 2.54. The minimum absolute atomic E-state index is 0.0631. The van der Waals surface area contributed by atoms with Crippen molar-refractivity contribution in [3.63, 3.8) is 0 Å². The summed E-state index contributed by atoms with van der Waals surface area (Å²) in [5, 5.41) is 6.50. The minimum atomic E-state index is -0.0631. The summed E-state index contributed by atoms with van der Waals surface area (Å²) in [6.45, 7) is 1.92. The number of hydrogen-bond acceptors (Lipinski definition) is 4. The van der Waals surface area contributed by atoms with E-state index in [2.05, 4.69) is 20.6 Å². The molecular formula is C17H26N4O. The van der Waals surface area contributed by atoms with E-state index in [4.69, 9.17) is 0 Å². The molecule has 1 amide bonds. The van der Waals surface area contributed by atoms with E-state index in [-0.39, 0.29) is 5.91 Å². The quantitative estimate of drug-likeness (QED) is 0.896. The predicted molar refractivity (Wildman–Crippen MR) is 87.0 cm³/mol. The van der Waals surface area contributed by atoms with Gasteiger partial charge in [-0.1, -0.05) is 32.1 Å². The lowest BCUT2D eigenvalue weighted by Gasteiger charge is -2.22. The van der Waals surface area contributed by atoms with E-state index in [1.807, 2.05) is 6.92 Å². The van der Waals surface area contributed by atoms with Gasteiger partial charge in [0.05, 0.1) is 0 Å². The van der Waals surface area contributed by atoms with Gasteiger partial charge in [-0.25, -0.2) is 9.97 Å². The fourth-order valence-electron chi connectivity index (χ4n) is 3.51. The Bertz CT molecular complexity index is 519. The Labute approximate surface area is 132 Å². The number of aromatic nitrogens is 2. The van der Waals surface area contributed by atoms with Crippen LogP contribution in [0.15, 0.2) is 6.07 Å². The Kier molecular flexibility index (Phi) is 4.90. The zero-order valence-electron chi connectivity index (χ0n) is 13.4. The molecule has 3 rings (SSSR count). The monoisotopic (exact) mass is 302 g/mol. The molecular weight excluding hydrogens is 276 g/mol. The maximum atomic E-state index is 12.4. The molecule has 0 bridgehead atoms. The average Bonchev–Trinajstić information content (AvgIpc) is 3.00. The molecule has 0 radical (unpaired) electrons. The number of hydrogen-bond donors (Lipinski definition) is 2. The largest absolute Gasteiger partial charge is 0.351 e. The van der Waals surface area contributed by atoms with Crippen LogP contribution in [0, 0.1) is 6.92 Å². The van der Waals surface area contributed by atoms with Gasteiger partial charge in [0.2, 0.25) is 5.95 Å². The van der Waals surface area contributed by atoms with Crippen molar-refractivity contribution in [2.24, 2.45) is 0 Å². The second-order valence-electron chi connectivity index (χ2n) is 6.65. The molecule has 0 atom stereocenters. The van der Waals surface area contributed by atoms with Gasteiger partial charge in [0, 0.05) is 17.8 Å². The molecule has 1 aromatic heterocycles. The maximum Gasteiger partial charge on any atom is 0.270 e. The number of anilines is 1. The van der Waals surface area contributed by atoms with Gasteiger partial charge in [-0.15, -0.1) is 0 Å². The normalized spacial score (nSPS) is 20.0. The van der Waals surface area contributed by atoms with Crippen molar-refractivity contribution in [2.75, 3.05) is 5.32 Å². The number of nitrogens with one attached hydrogen (secondary N) is 2. The lowest BCUT2D eigenvalue weighted by Crippen LogP contribution is -2.36. The third-order valence-corrected chi connectivity index (χ3v) is 4.72. The summed E-state index contributed by atoms with van der Waals surface area (Å²) in [5.41, 5.74) is 1.32. The lowest BCUT2D eigenvalue weighted by atomic mass is 9.95. The van der Waals surface area contributed by atoms with Gasteiger partial charge < -0.3 is 10.6 Å². The Morgan fingerprint density at radius 3 is 2.36 bits per heavy atom. The van der Waals surface area contributed by atoms with Crippen molar-refractivity contribution < 1.29 is 4.79 Å². The summed E-state index contributed by atoms with van der Waals surface area (Å²) < 4.78 is 0. The van der Waals surface area contributed by atoms with Crippen LogP contribution in [0.4, 0.5) is 5.95 Å². The summed E-state index contributed by atoms with van der Waals surface area (Å²) >= 11 is 0. The standard InChI is InChI=1S/C17H26N4O/c1-12-11-15(16(22)19-13-7-3-2-4-8-13)21-17(18-12)20-14-9-5-6-10-14/h11,13-14H,2-10H2,1H3,(H,19,22)(H,18,20,21). The predicted octanol–water partition coefficient (Wildman–Crippen LogP) is 3.20. The second-order valence-corrected chi connectivity index (χ2v) is 6.65. The Hall–Kier alpha value is -1.65. The SMILES string of the molecule is Cc1cc(C(=O)NC2CCCCC2)nc(NC2CCCC2)n1. The average molecular weight is 302 g/mol. The highest BCUT2D eigenvalue weighted by atomic mass is 16.1. The van der Waals surface area contributed by atoms with Crippen LogP contribution in [-0.2, 0) is 0 Å². The van der Waals surface area contributed by atoms with Crippen molar-refractivity contribution in [1.29, 1.82) is 0 Å². The molecule has 2 saturated carbocycles. The van der Waals surface area contributed by atoms with Crippen molar-refractivity contribution in [1.82, 2.24) is 15.3 Å². The summed E-state index contributed by atoms with van der Waals surface area (Å²) in [5.74, 6) is 0.535.